The molecule has 1 aliphatic heterocycles. The van der Waals surface area contributed by atoms with E-state index in [4.69, 9.17) is 10.4 Å². The molecule has 0 aromatic carbocycles. The summed E-state index contributed by atoms with van der Waals surface area (Å²) < 4.78 is 4.75. The van der Waals surface area contributed by atoms with Crippen LogP contribution in [0.4, 0.5) is 17.2 Å². The van der Waals surface area contributed by atoms with Gasteiger partial charge in [-0.1, -0.05) is 5.16 Å². The Kier molecular flexibility index (Phi) is 2.94. The maximum atomic E-state index is 5.95. The van der Waals surface area contributed by atoms with E-state index in [-0.39, 0.29) is 0 Å². The van der Waals surface area contributed by atoms with Gasteiger partial charge in [-0.25, -0.2) is 4.63 Å². The van der Waals surface area contributed by atoms with Crippen molar-refractivity contribution in [2.45, 2.75) is 6.92 Å². The molecule has 2 N–H and O–H groups in total. The Bertz CT molecular complexity index is 561. The van der Waals surface area contributed by atoms with Gasteiger partial charge in [-0.2, -0.15) is 0 Å². The molecule has 19 heavy (non-hydrogen) atoms. The number of nitrogens with two attached hydrogens (primary N) is 1. The number of hydrogen-bond donors (Lipinski definition) is 1. The average Bonchev–Trinajstić information content (AvgIpc) is 2.86. The maximum Gasteiger partial charge on any atom is 0.196 e. The van der Waals surface area contributed by atoms with Gasteiger partial charge in [0.2, 0.25) is 0 Å². The van der Waals surface area contributed by atoms with E-state index in [0.29, 0.717) is 0 Å². The minimum absolute atomic E-state index is 0.718. The molecule has 0 saturated carbocycles. The minimum atomic E-state index is 0.718. The molecule has 7 nitrogen and oxygen atoms in total. The van der Waals surface area contributed by atoms with Gasteiger partial charge in [-0.3, -0.25) is 4.98 Å². The Morgan fingerprint density at radius 3 is 2.53 bits per heavy atom. The average molecular weight is 260 g/mol. The topological polar surface area (TPSA) is 84.3 Å². The number of piperazine rings is 1. The van der Waals surface area contributed by atoms with Crippen LogP contribution < -0.4 is 15.5 Å². The lowest BCUT2D eigenvalue weighted by atomic mass is 10.2. The summed E-state index contributed by atoms with van der Waals surface area (Å²) in [6.45, 7) is 5.42. The largest absolute Gasteiger partial charge is 0.396 e. The van der Waals surface area contributed by atoms with E-state index in [0.717, 1.165) is 49.1 Å². The second-order valence-corrected chi connectivity index (χ2v) is 4.58. The molecule has 7 heteroatoms. The molecule has 0 spiro atoms. The van der Waals surface area contributed by atoms with Crippen LogP contribution in [-0.4, -0.2) is 41.5 Å². The number of nitrogens with zero attached hydrogens (tertiary/aromatic N) is 5. The van der Waals surface area contributed by atoms with E-state index in [1.165, 1.54) is 0 Å². The van der Waals surface area contributed by atoms with Crippen molar-refractivity contribution >= 4 is 17.2 Å². The fraction of sp³-hybridized carbons (Fsp3) is 0.417. The quantitative estimate of drug-likeness (QED) is 0.850. The number of nitrogen functional groups attached to an aromatic ring is 1. The van der Waals surface area contributed by atoms with Gasteiger partial charge in [0.15, 0.2) is 5.82 Å². The molecule has 0 aliphatic carbocycles. The fourth-order valence-electron chi connectivity index (χ4n) is 2.36. The third-order valence-corrected chi connectivity index (χ3v) is 3.38. The van der Waals surface area contributed by atoms with Crippen LogP contribution >= 0.6 is 0 Å². The second kappa shape index (κ2) is 4.75. The Morgan fingerprint density at radius 1 is 1.16 bits per heavy atom. The zero-order chi connectivity index (χ0) is 13.2. The Labute approximate surface area is 111 Å². The first kappa shape index (κ1) is 11.8. The molecule has 3 heterocycles. The zero-order valence-electron chi connectivity index (χ0n) is 10.8. The van der Waals surface area contributed by atoms with Gasteiger partial charge in [0.05, 0.1) is 17.6 Å². The standard InChI is InChI=1S/C12H16N6O/c1-9-12(16-19-15-9)18-6-4-17(5-7-18)11-2-3-14-8-10(11)13/h2-3,8H,4-7,13H2,1H3. The molecule has 0 unspecified atom stereocenters. The summed E-state index contributed by atoms with van der Waals surface area (Å²) in [6.07, 6.45) is 3.46. The summed E-state index contributed by atoms with van der Waals surface area (Å²) in [7, 11) is 0. The van der Waals surface area contributed by atoms with Crippen LogP contribution in [0.15, 0.2) is 23.1 Å². The third-order valence-electron chi connectivity index (χ3n) is 3.38. The van der Waals surface area contributed by atoms with Gasteiger partial charge in [0.1, 0.15) is 5.69 Å². The van der Waals surface area contributed by atoms with Crippen molar-refractivity contribution in [2.75, 3.05) is 41.7 Å². The van der Waals surface area contributed by atoms with Crippen LogP contribution in [0.2, 0.25) is 0 Å². The van der Waals surface area contributed by atoms with Crippen LogP contribution in [0, 0.1) is 6.92 Å². The van der Waals surface area contributed by atoms with E-state index in [2.05, 4.69) is 25.1 Å². The third kappa shape index (κ3) is 2.18. The minimum Gasteiger partial charge on any atom is -0.396 e. The maximum absolute atomic E-state index is 5.95. The van der Waals surface area contributed by atoms with Crippen molar-refractivity contribution in [3.63, 3.8) is 0 Å². The van der Waals surface area contributed by atoms with Crippen molar-refractivity contribution in [1.29, 1.82) is 0 Å². The number of pyridine rings is 1. The van der Waals surface area contributed by atoms with Crippen LogP contribution in [0.25, 0.3) is 0 Å². The number of anilines is 3. The lowest BCUT2D eigenvalue weighted by Gasteiger charge is -2.36. The van der Waals surface area contributed by atoms with Crippen LogP contribution in [0.1, 0.15) is 5.69 Å². The predicted octanol–water partition coefficient (Wildman–Crippen LogP) is 0.682. The highest BCUT2D eigenvalue weighted by molar-refractivity contribution is 5.66. The Morgan fingerprint density at radius 2 is 1.89 bits per heavy atom. The molecule has 0 amide bonds. The normalized spacial score (nSPS) is 15.8. The molecule has 3 rings (SSSR count). The van der Waals surface area contributed by atoms with Crippen molar-refractivity contribution in [3.8, 4) is 0 Å². The molecule has 1 aliphatic rings. The number of aryl methyl sites for hydroxylation is 1. The van der Waals surface area contributed by atoms with Crippen LogP contribution in [-0.2, 0) is 0 Å². The lowest BCUT2D eigenvalue weighted by Crippen LogP contribution is -2.47. The molecule has 1 fully saturated rings. The first-order valence-corrected chi connectivity index (χ1v) is 6.24. The number of aromatic nitrogens is 3. The molecule has 100 valence electrons. The summed E-state index contributed by atoms with van der Waals surface area (Å²) in [5, 5.41) is 7.75. The van der Waals surface area contributed by atoms with E-state index < -0.39 is 0 Å². The zero-order valence-corrected chi connectivity index (χ0v) is 10.8. The van der Waals surface area contributed by atoms with E-state index >= 15 is 0 Å². The molecule has 1 saturated heterocycles. The molecular formula is C12H16N6O. The lowest BCUT2D eigenvalue weighted by molar-refractivity contribution is 0.304. The van der Waals surface area contributed by atoms with E-state index in [1.807, 2.05) is 13.0 Å². The Balaban J connectivity index is 1.70. The molecule has 2 aromatic heterocycles. The summed E-state index contributed by atoms with van der Waals surface area (Å²) in [5.41, 5.74) is 8.54. The van der Waals surface area contributed by atoms with Crippen LogP contribution in [0.5, 0.6) is 0 Å². The van der Waals surface area contributed by atoms with Gasteiger partial charge < -0.3 is 15.5 Å². The molecule has 0 bridgehead atoms. The summed E-state index contributed by atoms with van der Waals surface area (Å²) in [5.74, 6) is 0.836. The predicted molar refractivity (Wildman–Crippen MR) is 72.1 cm³/mol. The molecule has 2 aromatic rings. The summed E-state index contributed by atoms with van der Waals surface area (Å²) in [6, 6.07) is 1.95. The van der Waals surface area contributed by atoms with Gasteiger partial charge in [0, 0.05) is 32.4 Å². The highest BCUT2D eigenvalue weighted by Crippen LogP contribution is 2.24. The van der Waals surface area contributed by atoms with Gasteiger partial charge >= 0.3 is 0 Å². The first-order valence-electron chi connectivity index (χ1n) is 6.24. The van der Waals surface area contributed by atoms with Crippen molar-refractivity contribution in [3.05, 3.63) is 24.2 Å². The van der Waals surface area contributed by atoms with E-state index in [9.17, 15) is 0 Å². The SMILES string of the molecule is Cc1nonc1N1CCN(c2ccncc2N)CC1. The highest BCUT2D eigenvalue weighted by atomic mass is 16.6. The van der Waals surface area contributed by atoms with E-state index in [1.54, 1.807) is 12.4 Å². The highest BCUT2D eigenvalue weighted by Gasteiger charge is 2.22. The Hall–Kier alpha value is -2.31. The number of rotatable bonds is 2. The van der Waals surface area contributed by atoms with Gasteiger partial charge in [-0.15, -0.1) is 0 Å². The fourth-order valence-corrected chi connectivity index (χ4v) is 2.36. The molecule has 0 atom stereocenters. The monoisotopic (exact) mass is 260 g/mol. The number of hydrogen-bond acceptors (Lipinski definition) is 7. The van der Waals surface area contributed by atoms with Gasteiger partial charge in [0.25, 0.3) is 0 Å². The van der Waals surface area contributed by atoms with Crippen molar-refractivity contribution in [2.24, 2.45) is 0 Å². The second-order valence-electron chi connectivity index (χ2n) is 4.58. The summed E-state index contributed by atoms with van der Waals surface area (Å²) >= 11 is 0. The van der Waals surface area contributed by atoms with Crippen molar-refractivity contribution < 1.29 is 4.63 Å². The van der Waals surface area contributed by atoms with Gasteiger partial charge in [-0.05, 0) is 18.1 Å². The van der Waals surface area contributed by atoms with Crippen molar-refractivity contribution in [1.82, 2.24) is 15.3 Å². The first-order chi connectivity index (χ1) is 9.25. The smallest absolute Gasteiger partial charge is 0.196 e. The molecule has 0 radical (unpaired) electrons. The van der Waals surface area contributed by atoms with Crippen LogP contribution in [0.3, 0.4) is 0 Å². The molecular weight excluding hydrogens is 244 g/mol. The summed E-state index contributed by atoms with van der Waals surface area (Å²) in [4.78, 5) is 8.45.